The second kappa shape index (κ2) is 6.95. The van der Waals surface area contributed by atoms with Crippen molar-refractivity contribution in [1.82, 2.24) is 4.90 Å². The molecule has 4 nitrogen and oxygen atoms in total. The Balaban J connectivity index is 0.00000200. The quantitative estimate of drug-likeness (QED) is 0.908. The maximum Gasteiger partial charge on any atom is 0.242 e. The van der Waals surface area contributed by atoms with Crippen LogP contribution in [0.15, 0.2) is 24.3 Å². The van der Waals surface area contributed by atoms with Crippen molar-refractivity contribution in [3.05, 3.63) is 29.8 Å². The molecule has 0 aliphatic heterocycles. The lowest BCUT2D eigenvalue weighted by atomic mass is 9.76. The molecule has 5 heteroatoms. The molecule has 20 heavy (non-hydrogen) atoms. The van der Waals surface area contributed by atoms with Crippen LogP contribution in [0.3, 0.4) is 0 Å². The summed E-state index contributed by atoms with van der Waals surface area (Å²) < 4.78 is 5.13. The van der Waals surface area contributed by atoms with Crippen LogP contribution in [0.4, 0.5) is 0 Å². The lowest BCUT2D eigenvalue weighted by Crippen LogP contribution is -2.59. The number of hydrogen-bond donors (Lipinski definition) is 1. The SMILES string of the molecule is CCN(Cc1ccc(OC)cc1)C(=O)C1(N)CCC1.Cl. The molecule has 0 aromatic heterocycles. The molecule has 1 aliphatic rings. The molecule has 0 radical (unpaired) electrons. The molecule has 112 valence electrons. The van der Waals surface area contributed by atoms with Gasteiger partial charge in [-0.2, -0.15) is 0 Å². The highest BCUT2D eigenvalue weighted by atomic mass is 35.5. The molecule has 0 unspecified atom stereocenters. The number of methoxy groups -OCH3 is 1. The average Bonchev–Trinajstić information content (AvgIpc) is 2.42. The van der Waals surface area contributed by atoms with Gasteiger partial charge in [-0.15, -0.1) is 12.4 Å². The fourth-order valence-electron chi connectivity index (χ4n) is 2.36. The summed E-state index contributed by atoms with van der Waals surface area (Å²) in [6, 6.07) is 7.79. The van der Waals surface area contributed by atoms with Crippen molar-refractivity contribution in [3.63, 3.8) is 0 Å². The highest BCUT2D eigenvalue weighted by Crippen LogP contribution is 2.31. The third-order valence-electron chi connectivity index (χ3n) is 3.87. The molecule has 1 aromatic carbocycles. The molecule has 0 atom stereocenters. The number of benzene rings is 1. The van der Waals surface area contributed by atoms with Crippen molar-refractivity contribution in [1.29, 1.82) is 0 Å². The van der Waals surface area contributed by atoms with E-state index in [-0.39, 0.29) is 18.3 Å². The summed E-state index contributed by atoms with van der Waals surface area (Å²) in [5.74, 6) is 0.907. The molecule has 0 spiro atoms. The molecule has 2 N–H and O–H groups in total. The van der Waals surface area contributed by atoms with Gasteiger partial charge in [0.15, 0.2) is 0 Å². The second-order valence-corrected chi connectivity index (χ2v) is 5.18. The molecule has 1 amide bonds. The van der Waals surface area contributed by atoms with Gasteiger partial charge >= 0.3 is 0 Å². The Morgan fingerprint density at radius 1 is 1.35 bits per heavy atom. The predicted octanol–water partition coefficient (Wildman–Crippen LogP) is 2.35. The first-order chi connectivity index (χ1) is 9.09. The Morgan fingerprint density at radius 2 is 1.95 bits per heavy atom. The fraction of sp³-hybridized carbons (Fsp3) is 0.533. The van der Waals surface area contributed by atoms with E-state index in [1.54, 1.807) is 7.11 Å². The average molecular weight is 299 g/mol. The van der Waals surface area contributed by atoms with E-state index < -0.39 is 5.54 Å². The van der Waals surface area contributed by atoms with Gasteiger partial charge in [0.2, 0.25) is 5.91 Å². The Bertz CT molecular complexity index is 444. The van der Waals surface area contributed by atoms with Gasteiger partial charge < -0.3 is 15.4 Å². The van der Waals surface area contributed by atoms with Crippen molar-refractivity contribution in [3.8, 4) is 5.75 Å². The normalized spacial score (nSPS) is 15.8. The molecule has 1 aliphatic carbocycles. The number of hydrogen-bond acceptors (Lipinski definition) is 3. The van der Waals surface area contributed by atoms with Gasteiger partial charge in [-0.05, 0) is 43.9 Å². The van der Waals surface area contributed by atoms with Crippen LogP contribution in [-0.2, 0) is 11.3 Å². The number of likely N-dealkylation sites (N-methyl/N-ethyl adjacent to an activating group) is 1. The number of amides is 1. The van der Waals surface area contributed by atoms with Crippen LogP contribution < -0.4 is 10.5 Å². The van der Waals surface area contributed by atoms with Crippen LogP contribution in [0.5, 0.6) is 5.75 Å². The number of halogens is 1. The second-order valence-electron chi connectivity index (χ2n) is 5.18. The molecule has 0 heterocycles. The predicted molar refractivity (Wildman–Crippen MR) is 82.1 cm³/mol. The van der Waals surface area contributed by atoms with Crippen LogP contribution in [0.1, 0.15) is 31.7 Å². The molecule has 2 rings (SSSR count). The van der Waals surface area contributed by atoms with Crippen molar-refractivity contribution in [2.45, 2.75) is 38.3 Å². The lowest BCUT2D eigenvalue weighted by Gasteiger charge is -2.40. The van der Waals surface area contributed by atoms with Crippen molar-refractivity contribution in [2.75, 3.05) is 13.7 Å². The zero-order chi connectivity index (χ0) is 13.9. The Labute approximate surface area is 126 Å². The van der Waals surface area contributed by atoms with E-state index in [0.717, 1.165) is 30.6 Å². The first kappa shape index (κ1) is 16.8. The topological polar surface area (TPSA) is 55.6 Å². The van der Waals surface area contributed by atoms with Crippen LogP contribution in [0.25, 0.3) is 0 Å². The van der Waals surface area contributed by atoms with Crippen LogP contribution in [0.2, 0.25) is 0 Å². The highest BCUT2D eigenvalue weighted by molar-refractivity contribution is 5.87. The Kier molecular flexibility index (Phi) is 5.84. The van der Waals surface area contributed by atoms with Crippen LogP contribution >= 0.6 is 12.4 Å². The van der Waals surface area contributed by atoms with Crippen molar-refractivity contribution < 1.29 is 9.53 Å². The zero-order valence-electron chi connectivity index (χ0n) is 12.1. The smallest absolute Gasteiger partial charge is 0.242 e. The van der Waals surface area contributed by atoms with Crippen molar-refractivity contribution >= 4 is 18.3 Å². The van der Waals surface area contributed by atoms with Gasteiger partial charge in [0.1, 0.15) is 5.75 Å². The monoisotopic (exact) mass is 298 g/mol. The van der Waals surface area contributed by atoms with E-state index in [1.807, 2.05) is 36.1 Å². The fourth-order valence-corrected chi connectivity index (χ4v) is 2.36. The summed E-state index contributed by atoms with van der Waals surface area (Å²) >= 11 is 0. The number of ether oxygens (including phenoxy) is 1. The maximum atomic E-state index is 12.4. The van der Waals surface area contributed by atoms with E-state index in [9.17, 15) is 4.79 Å². The molecular formula is C15H23ClN2O2. The summed E-state index contributed by atoms with van der Waals surface area (Å²) in [6.07, 6.45) is 2.68. The van der Waals surface area contributed by atoms with Gasteiger partial charge in [-0.25, -0.2) is 0 Å². The Hall–Kier alpha value is -1.26. The molecular weight excluding hydrogens is 276 g/mol. The largest absolute Gasteiger partial charge is 0.497 e. The van der Waals surface area contributed by atoms with E-state index in [1.165, 1.54) is 0 Å². The number of nitrogens with two attached hydrogens (primary N) is 1. The minimum absolute atomic E-state index is 0. The minimum atomic E-state index is -0.609. The summed E-state index contributed by atoms with van der Waals surface area (Å²) in [5.41, 5.74) is 6.60. The van der Waals surface area contributed by atoms with E-state index >= 15 is 0 Å². The van der Waals surface area contributed by atoms with Crippen LogP contribution in [0, 0.1) is 0 Å². The summed E-state index contributed by atoms with van der Waals surface area (Å²) in [6.45, 7) is 3.28. The summed E-state index contributed by atoms with van der Waals surface area (Å²) in [7, 11) is 1.64. The first-order valence-corrected chi connectivity index (χ1v) is 6.80. The van der Waals surface area contributed by atoms with E-state index in [2.05, 4.69) is 0 Å². The third kappa shape index (κ3) is 3.44. The van der Waals surface area contributed by atoms with E-state index in [0.29, 0.717) is 13.1 Å². The zero-order valence-corrected chi connectivity index (χ0v) is 12.9. The van der Waals surface area contributed by atoms with Crippen LogP contribution in [-0.4, -0.2) is 30.0 Å². The molecule has 0 saturated heterocycles. The number of carbonyl (C=O) groups is 1. The highest BCUT2D eigenvalue weighted by Gasteiger charge is 2.42. The Morgan fingerprint density at radius 3 is 2.35 bits per heavy atom. The molecule has 0 bridgehead atoms. The number of nitrogens with zero attached hydrogens (tertiary/aromatic N) is 1. The summed E-state index contributed by atoms with van der Waals surface area (Å²) in [4.78, 5) is 14.2. The lowest BCUT2D eigenvalue weighted by molar-refractivity contribution is -0.140. The van der Waals surface area contributed by atoms with Gasteiger partial charge in [-0.3, -0.25) is 4.79 Å². The van der Waals surface area contributed by atoms with Gasteiger partial charge in [-0.1, -0.05) is 12.1 Å². The standard InChI is InChI=1S/C15H22N2O2.ClH/c1-3-17(14(18)15(16)9-4-10-15)11-12-5-7-13(19-2)8-6-12;/h5-8H,3-4,9-11,16H2,1-2H3;1H. The number of carbonyl (C=O) groups excluding carboxylic acids is 1. The van der Waals surface area contributed by atoms with Gasteiger partial charge in [0.05, 0.1) is 12.6 Å². The minimum Gasteiger partial charge on any atom is -0.497 e. The number of rotatable bonds is 5. The van der Waals surface area contributed by atoms with Gasteiger partial charge in [0.25, 0.3) is 0 Å². The molecule has 1 saturated carbocycles. The first-order valence-electron chi connectivity index (χ1n) is 6.80. The van der Waals surface area contributed by atoms with Crippen molar-refractivity contribution in [2.24, 2.45) is 5.73 Å². The maximum absolute atomic E-state index is 12.4. The third-order valence-corrected chi connectivity index (χ3v) is 3.87. The molecule has 1 aromatic rings. The van der Waals surface area contributed by atoms with Gasteiger partial charge in [0, 0.05) is 13.1 Å². The summed E-state index contributed by atoms with van der Waals surface area (Å²) in [5, 5.41) is 0. The van der Waals surface area contributed by atoms with E-state index in [4.69, 9.17) is 10.5 Å². The molecule has 1 fully saturated rings.